The maximum absolute atomic E-state index is 13.0. The van der Waals surface area contributed by atoms with Gasteiger partial charge in [-0.25, -0.2) is 8.42 Å². The fourth-order valence-corrected chi connectivity index (χ4v) is 4.45. The number of para-hydroxylation sites is 1. The number of carbonyl (C=O) groups is 1. The van der Waals surface area contributed by atoms with E-state index in [2.05, 4.69) is 0 Å². The standard InChI is InChI=1S/C19H21ClN2O4S/c1-13-10-14-6-4-5-7-17(14)22(13)19(23)12-21(27(3,24)25)15-8-9-18(26-2)16(20)11-15/h4-9,11,13H,10,12H2,1-3H3. The van der Waals surface area contributed by atoms with Crippen molar-refractivity contribution in [1.29, 1.82) is 0 Å². The number of halogens is 1. The van der Waals surface area contributed by atoms with Crippen LogP contribution in [0.2, 0.25) is 5.02 Å². The van der Waals surface area contributed by atoms with E-state index >= 15 is 0 Å². The molecule has 1 atom stereocenters. The van der Waals surface area contributed by atoms with Crippen LogP contribution in [0.15, 0.2) is 42.5 Å². The molecule has 2 aromatic carbocycles. The molecule has 1 aliphatic rings. The number of hydrogen-bond acceptors (Lipinski definition) is 4. The second-order valence-corrected chi connectivity index (χ2v) is 8.85. The van der Waals surface area contributed by atoms with Gasteiger partial charge in [0.2, 0.25) is 15.9 Å². The third kappa shape index (κ3) is 3.89. The normalized spacial score (nSPS) is 16.1. The van der Waals surface area contributed by atoms with Gasteiger partial charge in [-0.2, -0.15) is 0 Å². The van der Waals surface area contributed by atoms with Gasteiger partial charge in [-0.3, -0.25) is 9.10 Å². The molecule has 27 heavy (non-hydrogen) atoms. The molecule has 0 radical (unpaired) electrons. The van der Waals surface area contributed by atoms with Gasteiger partial charge in [-0.05, 0) is 43.2 Å². The molecule has 0 saturated heterocycles. The van der Waals surface area contributed by atoms with Crippen molar-refractivity contribution in [3.8, 4) is 5.75 Å². The summed E-state index contributed by atoms with van der Waals surface area (Å²) in [6.07, 6.45) is 1.81. The lowest BCUT2D eigenvalue weighted by Gasteiger charge is -2.28. The van der Waals surface area contributed by atoms with E-state index in [1.807, 2.05) is 31.2 Å². The Balaban J connectivity index is 1.92. The molecule has 0 aliphatic carbocycles. The number of amides is 1. The van der Waals surface area contributed by atoms with E-state index in [0.717, 1.165) is 28.2 Å². The number of fused-ring (bicyclic) bond motifs is 1. The molecule has 1 aliphatic heterocycles. The number of benzene rings is 2. The number of anilines is 2. The summed E-state index contributed by atoms with van der Waals surface area (Å²) in [6, 6.07) is 12.3. The predicted molar refractivity (Wildman–Crippen MR) is 107 cm³/mol. The molecular weight excluding hydrogens is 388 g/mol. The molecule has 1 heterocycles. The Labute approximate surface area is 164 Å². The summed E-state index contributed by atoms with van der Waals surface area (Å²) in [5.74, 6) is 0.145. The van der Waals surface area contributed by atoms with Crippen molar-refractivity contribution in [2.45, 2.75) is 19.4 Å². The Morgan fingerprint density at radius 1 is 1.30 bits per heavy atom. The van der Waals surface area contributed by atoms with Gasteiger partial charge in [0, 0.05) is 11.7 Å². The minimum atomic E-state index is -3.69. The lowest BCUT2D eigenvalue weighted by Crippen LogP contribution is -2.45. The molecule has 0 N–H and O–H groups in total. The number of sulfonamides is 1. The van der Waals surface area contributed by atoms with Gasteiger partial charge in [0.15, 0.2) is 0 Å². The average molecular weight is 409 g/mol. The van der Waals surface area contributed by atoms with Crippen LogP contribution >= 0.6 is 11.6 Å². The molecule has 0 aromatic heterocycles. The van der Waals surface area contributed by atoms with E-state index in [1.54, 1.807) is 17.0 Å². The summed E-state index contributed by atoms with van der Waals surface area (Å²) in [5.41, 5.74) is 2.23. The first kappa shape index (κ1) is 19.5. The molecule has 3 rings (SSSR count). The zero-order valence-corrected chi connectivity index (χ0v) is 16.9. The molecule has 0 bridgehead atoms. The predicted octanol–water partition coefficient (Wildman–Crippen LogP) is 3.09. The Hall–Kier alpha value is -2.25. The highest BCUT2D eigenvalue weighted by atomic mass is 35.5. The molecular formula is C19H21ClN2O4S. The van der Waals surface area contributed by atoms with Crippen molar-refractivity contribution in [1.82, 2.24) is 0 Å². The molecule has 0 fully saturated rings. The van der Waals surface area contributed by atoms with Crippen LogP contribution in [0, 0.1) is 0 Å². The first-order valence-corrected chi connectivity index (χ1v) is 10.7. The Morgan fingerprint density at radius 3 is 2.63 bits per heavy atom. The third-order valence-electron chi connectivity index (χ3n) is 4.58. The maximum atomic E-state index is 13.0. The molecule has 0 saturated carbocycles. The van der Waals surface area contributed by atoms with E-state index in [-0.39, 0.29) is 23.5 Å². The number of ether oxygens (including phenoxy) is 1. The first-order chi connectivity index (χ1) is 12.7. The lowest BCUT2D eigenvalue weighted by atomic mass is 10.1. The second-order valence-electron chi connectivity index (χ2n) is 6.53. The van der Waals surface area contributed by atoms with Gasteiger partial charge in [-0.15, -0.1) is 0 Å². The molecule has 2 aromatic rings. The van der Waals surface area contributed by atoms with E-state index < -0.39 is 10.0 Å². The van der Waals surface area contributed by atoms with Gasteiger partial charge in [0.05, 0.1) is 24.1 Å². The van der Waals surface area contributed by atoms with Crippen LogP contribution in [0.4, 0.5) is 11.4 Å². The van der Waals surface area contributed by atoms with Crippen LogP contribution in [0.3, 0.4) is 0 Å². The quantitative estimate of drug-likeness (QED) is 0.762. The zero-order valence-electron chi connectivity index (χ0n) is 15.3. The van der Waals surface area contributed by atoms with E-state index in [1.165, 1.54) is 13.2 Å². The second kappa shape index (κ2) is 7.40. The summed E-state index contributed by atoms with van der Waals surface area (Å²) in [5, 5.41) is 0.274. The maximum Gasteiger partial charge on any atom is 0.248 e. The average Bonchev–Trinajstić information content (AvgIpc) is 2.94. The summed E-state index contributed by atoms with van der Waals surface area (Å²) in [7, 11) is -2.21. The first-order valence-electron chi connectivity index (χ1n) is 8.43. The van der Waals surface area contributed by atoms with Crippen molar-refractivity contribution < 1.29 is 17.9 Å². The van der Waals surface area contributed by atoms with E-state index in [4.69, 9.17) is 16.3 Å². The number of carbonyl (C=O) groups excluding carboxylic acids is 1. The highest BCUT2D eigenvalue weighted by Gasteiger charge is 2.33. The van der Waals surface area contributed by atoms with Crippen molar-refractivity contribution in [3.05, 3.63) is 53.1 Å². The largest absolute Gasteiger partial charge is 0.495 e. The van der Waals surface area contributed by atoms with Crippen molar-refractivity contribution in [3.63, 3.8) is 0 Å². The Bertz CT molecular complexity index is 977. The molecule has 0 spiro atoms. The smallest absolute Gasteiger partial charge is 0.248 e. The fraction of sp³-hybridized carbons (Fsp3) is 0.316. The van der Waals surface area contributed by atoms with Gasteiger partial charge in [0.1, 0.15) is 12.3 Å². The zero-order chi connectivity index (χ0) is 19.8. The molecule has 6 nitrogen and oxygen atoms in total. The topological polar surface area (TPSA) is 66.9 Å². The molecule has 144 valence electrons. The van der Waals surface area contributed by atoms with Gasteiger partial charge in [0.25, 0.3) is 0 Å². The van der Waals surface area contributed by atoms with Crippen LogP contribution in [0.25, 0.3) is 0 Å². The van der Waals surface area contributed by atoms with E-state index in [0.29, 0.717) is 11.4 Å². The lowest BCUT2D eigenvalue weighted by molar-refractivity contribution is -0.117. The number of rotatable bonds is 5. The number of nitrogens with zero attached hydrogens (tertiary/aromatic N) is 2. The molecule has 1 unspecified atom stereocenters. The third-order valence-corrected chi connectivity index (χ3v) is 6.01. The minimum absolute atomic E-state index is 0.0317. The highest BCUT2D eigenvalue weighted by molar-refractivity contribution is 7.92. The Morgan fingerprint density at radius 2 is 2.00 bits per heavy atom. The van der Waals surface area contributed by atoms with Crippen LogP contribution in [-0.2, 0) is 21.2 Å². The highest BCUT2D eigenvalue weighted by Crippen LogP contribution is 2.33. The van der Waals surface area contributed by atoms with Crippen LogP contribution < -0.4 is 13.9 Å². The molecule has 1 amide bonds. The van der Waals surface area contributed by atoms with Crippen LogP contribution in [0.1, 0.15) is 12.5 Å². The number of hydrogen-bond donors (Lipinski definition) is 0. The van der Waals surface area contributed by atoms with Crippen LogP contribution in [0.5, 0.6) is 5.75 Å². The van der Waals surface area contributed by atoms with Crippen LogP contribution in [-0.4, -0.2) is 40.3 Å². The molecule has 8 heteroatoms. The summed E-state index contributed by atoms with van der Waals surface area (Å²) in [4.78, 5) is 14.7. The van der Waals surface area contributed by atoms with Gasteiger partial charge < -0.3 is 9.64 Å². The summed E-state index contributed by atoms with van der Waals surface area (Å²) >= 11 is 6.14. The Kier molecular flexibility index (Phi) is 5.35. The van der Waals surface area contributed by atoms with Gasteiger partial charge >= 0.3 is 0 Å². The fourth-order valence-electron chi connectivity index (χ4n) is 3.36. The van der Waals surface area contributed by atoms with Gasteiger partial charge in [-0.1, -0.05) is 29.8 Å². The van der Waals surface area contributed by atoms with Crippen molar-refractivity contribution >= 4 is 38.9 Å². The van der Waals surface area contributed by atoms with E-state index in [9.17, 15) is 13.2 Å². The minimum Gasteiger partial charge on any atom is -0.495 e. The van der Waals surface area contributed by atoms with Crippen molar-refractivity contribution in [2.24, 2.45) is 0 Å². The monoisotopic (exact) mass is 408 g/mol. The summed E-state index contributed by atoms with van der Waals surface area (Å²) in [6.45, 7) is 1.65. The SMILES string of the molecule is COc1ccc(N(CC(=O)N2c3ccccc3CC2C)S(C)(=O)=O)cc1Cl. The number of methoxy groups -OCH3 is 1. The van der Waals surface area contributed by atoms with Crippen molar-refractivity contribution in [2.75, 3.05) is 29.1 Å². The summed E-state index contributed by atoms with van der Waals surface area (Å²) < 4.78 is 30.9.